The van der Waals surface area contributed by atoms with Crippen LogP contribution < -0.4 is 10.4 Å². The second-order valence-corrected chi connectivity index (χ2v) is 9.02. The van der Waals surface area contributed by atoms with Crippen molar-refractivity contribution in [1.29, 1.82) is 0 Å². The molecule has 0 spiro atoms. The van der Waals surface area contributed by atoms with Crippen LogP contribution in [0.3, 0.4) is 0 Å². The molecule has 0 unspecified atom stereocenters. The Labute approximate surface area is 201 Å². The van der Waals surface area contributed by atoms with E-state index in [9.17, 15) is 4.79 Å². The Morgan fingerprint density at radius 3 is 2.65 bits per heavy atom. The Bertz CT molecular complexity index is 1510. The van der Waals surface area contributed by atoms with E-state index in [0.717, 1.165) is 63.4 Å². The highest BCUT2D eigenvalue weighted by Gasteiger charge is 2.16. The molecule has 7 heteroatoms. The lowest BCUT2D eigenvalue weighted by Crippen LogP contribution is -2.04. The lowest BCUT2D eigenvalue weighted by molar-refractivity contribution is 0.415. The molecule has 0 saturated carbocycles. The predicted molar refractivity (Wildman–Crippen MR) is 136 cm³/mol. The summed E-state index contributed by atoms with van der Waals surface area (Å²) in [5.74, 6) is 2.23. The van der Waals surface area contributed by atoms with E-state index in [4.69, 9.17) is 9.15 Å². The van der Waals surface area contributed by atoms with Crippen molar-refractivity contribution in [3.63, 3.8) is 0 Å². The number of nitrogens with zero attached hydrogens (tertiary/aromatic N) is 3. The number of unbranched alkanes of at least 4 members (excludes halogenated alkanes) is 1. The fourth-order valence-corrected chi connectivity index (χ4v) is 5.09. The van der Waals surface area contributed by atoms with Crippen molar-refractivity contribution in [2.75, 3.05) is 7.11 Å². The van der Waals surface area contributed by atoms with Gasteiger partial charge in [0.2, 0.25) is 0 Å². The van der Waals surface area contributed by atoms with Gasteiger partial charge in [-0.2, -0.15) is 0 Å². The Balaban J connectivity index is 1.52. The molecule has 5 rings (SSSR count). The Morgan fingerprint density at radius 1 is 1.03 bits per heavy atom. The highest BCUT2D eigenvalue weighted by atomic mass is 32.2. The molecule has 0 fully saturated rings. The number of hydrogen-bond donors (Lipinski definition) is 0. The third-order valence-electron chi connectivity index (χ3n) is 5.87. The van der Waals surface area contributed by atoms with Crippen molar-refractivity contribution in [1.82, 2.24) is 14.8 Å². The molecule has 0 bridgehead atoms. The van der Waals surface area contributed by atoms with Crippen LogP contribution in [0.4, 0.5) is 0 Å². The van der Waals surface area contributed by atoms with Gasteiger partial charge in [0, 0.05) is 29.3 Å². The predicted octanol–water partition coefficient (Wildman–Crippen LogP) is 6.31. The normalized spacial score (nSPS) is 11.4. The third kappa shape index (κ3) is 4.31. The van der Waals surface area contributed by atoms with Crippen molar-refractivity contribution < 1.29 is 9.15 Å². The Hall–Kier alpha value is -3.58. The summed E-state index contributed by atoms with van der Waals surface area (Å²) in [6.07, 6.45) is 2.10. The SMILES string of the molecule is CCCCn1c(SCc2cc(=O)oc3ccc4ccccc4c23)nnc1-c1ccc(OC)cc1. The smallest absolute Gasteiger partial charge is 0.336 e. The van der Waals surface area contributed by atoms with Crippen molar-refractivity contribution in [2.24, 2.45) is 0 Å². The van der Waals surface area contributed by atoms with Gasteiger partial charge in [0.25, 0.3) is 0 Å². The fraction of sp³-hybridized carbons (Fsp3) is 0.222. The maximum Gasteiger partial charge on any atom is 0.336 e. The monoisotopic (exact) mass is 471 g/mol. The molecule has 0 radical (unpaired) electrons. The second kappa shape index (κ2) is 9.73. The van der Waals surface area contributed by atoms with Gasteiger partial charge >= 0.3 is 5.63 Å². The van der Waals surface area contributed by atoms with Gasteiger partial charge in [-0.05, 0) is 53.1 Å². The highest BCUT2D eigenvalue weighted by Crippen LogP contribution is 2.32. The second-order valence-electron chi connectivity index (χ2n) is 8.08. The molecule has 2 aromatic heterocycles. The molecule has 0 aliphatic rings. The third-order valence-corrected chi connectivity index (χ3v) is 6.89. The minimum absolute atomic E-state index is 0.343. The molecule has 0 N–H and O–H groups in total. The van der Waals surface area contributed by atoms with Gasteiger partial charge in [0.1, 0.15) is 11.3 Å². The first-order valence-corrected chi connectivity index (χ1v) is 12.3. The standard InChI is InChI=1S/C27H25N3O3S/c1-3-4-15-30-26(19-9-12-21(32-2)13-10-19)28-29-27(30)34-17-20-16-24(31)33-23-14-11-18-7-5-6-8-22(18)25(20)23/h5-14,16H,3-4,15,17H2,1-2H3. The molecule has 5 aromatic rings. The average Bonchev–Trinajstić information content (AvgIpc) is 3.28. The van der Waals surface area contributed by atoms with Crippen LogP contribution in [0, 0.1) is 0 Å². The number of ether oxygens (including phenoxy) is 1. The van der Waals surface area contributed by atoms with Crippen LogP contribution in [0.2, 0.25) is 0 Å². The van der Waals surface area contributed by atoms with Crippen LogP contribution in [0.15, 0.2) is 81.1 Å². The van der Waals surface area contributed by atoms with E-state index < -0.39 is 0 Å². The summed E-state index contributed by atoms with van der Waals surface area (Å²) in [4.78, 5) is 12.3. The Kier molecular flexibility index (Phi) is 6.36. The van der Waals surface area contributed by atoms with Crippen molar-refractivity contribution in [2.45, 2.75) is 37.2 Å². The summed E-state index contributed by atoms with van der Waals surface area (Å²) in [6.45, 7) is 3.00. The van der Waals surface area contributed by atoms with E-state index in [1.54, 1.807) is 24.9 Å². The molecule has 172 valence electrons. The molecule has 34 heavy (non-hydrogen) atoms. The molecule has 3 aromatic carbocycles. The number of aromatic nitrogens is 3. The molecule has 0 saturated heterocycles. The van der Waals surface area contributed by atoms with Gasteiger partial charge in [-0.1, -0.05) is 55.4 Å². The fourth-order valence-electron chi connectivity index (χ4n) is 4.14. The molecule has 6 nitrogen and oxygen atoms in total. The maximum absolute atomic E-state index is 12.3. The van der Waals surface area contributed by atoms with Crippen molar-refractivity contribution >= 4 is 33.5 Å². The summed E-state index contributed by atoms with van der Waals surface area (Å²) in [7, 11) is 1.66. The largest absolute Gasteiger partial charge is 0.497 e. The Morgan fingerprint density at radius 2 is 1.85 bits per heavy atom. The molecule has 0 amide bonds. The first-order chi connectivity index (χ1) is 16.7. The maximum atomic E-state index is 12.3. The van der Waals surface area contributed by atoms with Gasteiger partial charge in [0.05, 0.1) is 7.11 Å². The summed E-state index contributed by atoms with van der Waals surface area (Å²) in [5, 5.41) is 13.0. The molecule has 0 aliphatic heterocycles. The zero-order chi connectivity index (χ0) is 23.5. The summed E-state index contributed by atoms with van der Waals surface area (Å²) in [6, 6.07) is 21.5. The molecular formula is C27H25N3O3S. The summed E-state index contributed by atoms with van der Waals surface area (Å²) < 4.78 is 13.0. The van der Waals surface area contributed by atoms with Crippen molar-refractivity contribution in [3.8, 4) is 17.1 Å². The highest BCUT2D eigenvalue weighted by molar-refractivity contribution is 7.98. The lowest BCUT2D eigenvalue weighted by atomic mass is 10.0. The van der Waals surface area contributed by atoms with E-state index in [0.29, 0.717) is 11.3 Å². The van der Waals surface area contributed by atoms with E-state index in [-0.39, 0.29) is 5.63 Å². The summed E-state index contributed by atoms with van der Waals surface area (Å²) in [5.41, 5.74) is 2.19. The van der Waals surface area contributed by atoms with Gasteiger partial charge < -0.3 is 13.7 Å². The zero-order valence-electron chi connectivity index (χ0n) is 19.2. The minimum atomic E-state index is -0.343. The van der Waals surface area contributed by atoms with E-state index >= 15 is 0 Å². The van der Waals surface area contributed by atoms with Crippen LogP contribution >= 0.6 is 11.8 Å². The van der Waals surface area contributed by atoms with Gasteiger partial charge in [-0.3, -0.25) is 0 Å². The number of benzene rings is 3. The molecule has 0 atom stereocenters. The molecule has 0 aliphatic carbocycles. The number of fused-ring (bicyclic) bond motifs is 3. The van der Waals surface area contributed by atoms with E-state index in [1.165, 1.54) is 0 Å². The first-order valence-electron chi connectivity index (χ1n) is 11.3. The summed E-state index contributed by atoms with van der Waals surface area (Å²) >= 11 is 1.59. The van der Waals surface area contributed by atoms with E-state index in [2.05, 4.69) is 33.8 Å². The number of thioether (sulfide) groups is 1. The first kappa shape index (κ1) is 22.2. The quantitative estimate of drug-likeness (QED) is 0.150. The number of hydrogen-bond acceptors (Lipinski definition) is 6. The van der Waals surface area contributed by atoms with Gasteiger partial charge in [0.15, 0.2) is 11.0 Å². The van der Waals surface area contributed by atoms with Crippen molar-refractivity contribution in [3.05, 3.63) is 82.7 Å². The van der Waals surface area contributed by atoms with Crippen LogP contribution in [-0.4, -0.2) is 21.9 Å². The topological polar surface area (TPSA) is 70.2 Å². The molecule has 2 heterocycles. The van der Waals surface area contributed by atoms with Gasteiger partial charge in [-0.25, -0.2) is 4.79 Å². The minimum Gasteiger partial charge on any atom is -0.497 e. The van der Waals surface area contributed by atoms with Crippen LogP contribution in [-0.2, 0) is 12.3 Å². The van der Waals surface area contributed by atoms with Gasteiger partial charge in [-0.15, -0.1) is 10.2 Å². The number of methoxy groups -OCH3 is 1. The van der Waals surface area contributed by atoms with Crippen LogP contribution in [0.25, 0.3) is 33.1 Å². The number of rotatable bonds is 8. The molecular weight excluding hydrogens is 446 g/mol. The lowest BCUT2D eigenvalue weighted by Gasteiger charge is -2.11. The van der Waals surface area contributed by atoms with E-state index in [1.807, 2.05) is 48.5 Å². The van der Waals surface area contributed by atoms with Crippen LogP contribution in [0.5, 0.6) is 5.75 Å². The zero-order valence-corrected chi connectivity index (χ0v) is 20.0. The average molecular weight is 472 g/mol. The van der Waals surface area contributed by atoms with Crippen LogP contribution in [0.1, 0.15) is 25.3 Å².